The maximum atomic E-state index is 13.6. The number of fused-ring (bicyclic) bond motifs is 2. The Morgan fingerprint density at radius 3 is 2.61 bits per heavy atom. The fourth-order valence-corrected chi connectivity index (χ4v) is 5.85. The van der Waals surface area contributed by atoms with Crippen LogP contribution in [0.1, 0.15) is 44.9 Å². The summed E-state index contributed by atoms with van der Waals surface area (Å²) in [7, 11) is 2.18. The Hall–Kier alpha value is -3.16. The van der Waals surface area contributed by atoms with Crippen LogP contribution >= 0.6 is 0 Å². The lowest BCUT2D eigenvalue weighted by molar-refractivity contribution is 0.0297. The van der Waals surface area contributed by atoms with Gasteiger partial charge in [-0.3, -0.25) is 14.4 Å². The molecule has 1 fully saturated rings. The van der Waals surface area contributed by atoms with Crippen molar-refractivity contribution >= 4 is 11.6 Å². The Morgan fingerprint density at radius 2 is 1.78 bits per heavy atom. The summed E-state index contributed by atoms with van der Waals surface area (Å²) >= 11 is 0. The number of hydrogen-bond acceptors (Lipinski definition) is 5. The third kappa shape index (κ3) is 4.65. The lowest BCUT2D eigenvalue weighted by Crippen LogP contribution is -2.41. The Morgan fingerprint density at radius 1 is 0.944 bits per heavy atom. The van der Waals surface area contributed by atoms with Crippen LogP contribution in [0.2, 0.25) is 0 Å². The summed E-state index contributed by atoms with van der Waals surface area (Å²) in [6, 6.07) is 17.3. The van der Waals surface area contributed by atoms with Gasteiger partial charge in [-0.25, -0.2) is 0 Å². The molecule has 1 aromatic heterocycles. The van der Waals surface area contributed by atoms with Crippen LogP contribution in [0.15, 0.2) is 48.5 Å². The summed E-state index contributed by atoms with van der Waals surface area (Å²) in [5.41, 5.74) is 8.31. The number of aryl methyl sites for hydroxylation is 1. The molecule has 1 saturated heterocycles. The normalized spacial score (nSPS) is 18.1. The first kappa shape index (κ1) is 23.3. The summed E-state index contributed by atoms with van der Waals surface area (Å²) in [6.45, 7) is 6.90. The third-order valence-electron chi connectivity index (χ3n) is 7.79. The molecule has 0 N–H and O–H groups in total. The monoisotopic (exact) mass is 485 g/mol. The van der Waals surface area contributed by atoms with Gasteiger partial charge in [-0.1, -0.05) is 42.5 Å². The van der Waals surface area contributed by atoms with Crippen LogP contribution in [-0.2, 0) is 37.2 Å². The Labute approximate surface area is 213 Å². The molecule has 0 aliphatic carbocycles. The molecule has 0 bridgehead atoms. The highest BCUT2D eigenvalue weighted by atomic mass is 16.5. The van der Waals surface area contributed by atoms with Gasteiger partial charge >= 0.3 is 0 Å². The maximum absolute atomic E-state index is 13.6. The number of nitrogens with zero attached hydrogens (tertiary/aromatic N) is 5. The molecule has 0 unspecified atom stereocenters. The van der Waals surface area contributed by atoms with E-state index in [2.05, 4.69) is 64.0 Å². The molecule has 0 spiro atoms. The molecule has 36 heavy (non-hydrogen) atoms. The average molecular weight is 486 g/mol. The fourth-order valence-electron chi connectivity index (χ4n) is 5.85. The van der Waals surface area contributed by atoms with E-state index in [1.54, 1.807) is 0 Å². The van der Waals surface area contributed by atoms with E-state index in [-0.39, 0.29) is 5.91 Å². The molecule has 7 nitrogen and oxygen atoms in total. The van der Waals surface area contributed by atoms with Gasteiger partial charge in [-0.2, -0.15) is 5.10 Å². The topological polar surface area (TPSA) is 53.8 Å². The van der Waals surface area contributed by atoms with E-state index in [1.165, 1.54) is 34.5 Å². The Kier molecular flexibility index (Phi) is 6.50. The van der Waals surface area contributed by atoms with E-state index in [9.17, 15) is 4.79 Å². The zero-order valence-corrected chi connectivity index (χ0v) is 21.2. The number of hydrogen-bond donors (Lipinski definition) is 0. The minimum absolute atomic E-state index is 0.0417. The SMILES string of the molecule is CN1CCCc2cc(CN3CCc4c(c(C(=O)N5CCOCC5)nn4Cc4ccccc4)C3)ccc21. The highest BCUT2D eigenvalue weighted by molar-refractivity contribution is 5.94. The van der Waals surface area contributed by atoms with Crippen molar-refractivity contribution in [1.29, 1.82) is 0 Å². The number of benzene rings is 2. The molecule has 0 radical (unpaired) electrons. The number of aromatic nitrogens is 2. The van der Waals surface area contributed by atoms with Crippen molar-refractivity contribution in [1.82, 2.24) is 19.6 Å². The number of morpholine rings is 1. The van der Waals surface area contributed by atoms with Crippen molar-refractivity contribution in [2.75, 3.05) is 51.3 Å². The van der Waals surface area contributed by atoms with Crippen LogP contribution in [0, 0.1) is 0 Å². The largest absolute Gasteiger partial charge is 0.378 e. The van der Waals surface area contributed by atoms with Crippen LogP contribution in [-0.4, -0.2) is 71.9 Å². The predicted octanol–water partition coefficient (Wildman–Crippen LogP) is 3.34. The summed E-state index contributed by atoms with van der Waals surface area (Å²) < 4.78 is 7.56. The van der Waals surface area contributed by atoms with Gasteiger partial charge in [0.2, 0.25) is 0 Å². The van der Waals surface area contributed by atoms with Crippen molar-refractivity contribution in [3.8, 4) is 0 Å². The summed E-state index contributed by atoms with van der Waals surface area (Å²) in [5, 5.41) is 4.92. The molecular weight excluding hydrogens is 450 g/mol. The molecule has 7 heteroatoms. The minimum atomic E-state index is 0.0417. The van der Waals surface area contributed by atoms with Crippen molar-refractivity contribution in [3.63, 3.8) is 0 Å². The first-order valence-corrected chi connectivity index (χ1v) is 13.2. The quantitative estimate of drug-likeness (QED) is 0.555. The molecule has 6 rings (SSSR count). The molecule has 3 aliphatic heterocycles. The highest BCUT2D eigenvalue weighted by Gasteiger charge is 2.31. The standard InChI is InChI=1S/C29H35N5O2/c1-31-12-5-8-24-18-23(9-10-26(24)31)19-32-13-11-27-25(21-32)28(29(35)33-14-16-36-17-15-33)30-34(27)20-22-6-3-2-4-7-22/h2-4,6-7,9-10,18H,5,8,11-17,19-21H2,1H3. The maximum Gasteiger partial charge on any atom is 0.274 e. The van der Waals surface area contributed by atoms with Crippen LogP contribution in [0.4, 0.5) is 5.69 Å². The second kappa shape index (κ2) is 10.1. The molecule has 188 valence electrons. The van der Waals surface area contributed by atoms with Crippen LogP contribution in [0.5, 0.6) is 0 Å². The van der Waals surface area contributed by atoms with Gasteiger partial charge in [0.25, 0.3) is 5.91 Å². The van der Waals surface area contributed by atoms with Crippen LogP contribution < -0.4 is 4.90 Å². The molecule has 0 atom stereocenters. The average Bonchev–Trinajstić information content (AvgIpc) is 3.27. The summed E-state index contributed by atoms with van der Waals surface area (Å²) in [5.74, 6) is 0.0417. The van der Waals surface area contributed by atoms with E-state index in [0.29, 0.717) is 38.5 Å². The number of rotatable bonds is 5. The van der Waals surface area contributed by atoms with E-state index in [4.69, 9.17) is 9.84 Å². The Balaban J connectivity index is 1.27. The van der Waals surface area contributed by atoms with E-state index in [1.807, 2.05) is 11.0 Å². The first-order chi connectivity index (χ1) is 17.7. The van der Waals surface area contributed by atoms with Crippen molar-refractivity contribution in [3.05, 3.63) is 82.2 Å². The molecule has 2 aromatic carbocycles. The lowest BCUT2D eigenvalue weighted by Gasteiger charge is -2.31. The number of carbonyl (C=O) groups is 1. The number of carbonyl (C=O) groups excluding carboxylic acids is 1. The van der Waals surface area contributed by atoms with Gasteiger partial charge < -0.3 is 14.5 Å². The lowest BCUT2D eigenvalue weighted by atomic mass is 9.98. The molecule has 3 aromatic rings. The van der Waals surface area contributed by atoms with Gasteiger partial charge in [0.15, 0.2) is 5.69 Å². The third-order valence-corrected chi connectivity index (χ3v) is 7.79. The summed E-state index contributed by atoms with van der Waals surface area (Å²) in [4.78, 5) is 20.3. The van der Waals surface area contributed by atoms with Crippen molar-refractivity contribution in [2.45, 2.75) is 38.9 Å². The van der Waals surface area contributed by atoms with Gasteiger partial charge in [0.1, 0.15) is 0 Å². The van der Waals surface area contributed by atoms with E-state index in [0.717, 1.165) is 44.6 Å². The molecule has 3 aliphatic rings. The number of anilines is 1. The zero-order valence-electron chi connectivity index (χ0n) is 21.2. The zero-order chi connectivity index (χ0) is 24.5. The van der Waals surface area contributed by atoms with Gasteiger partial charge in [-0.15, -0.1) is 0 Å². The number of amides is 1. The van der Waals surface area contributed by atoms with Gasteiger partial charge in [0.05, 0.1) is 19.8 Å². The molecule has 0 saturated carbocycles. The predicted molar refractivity (Wildman–Crippen MR) is 140 cm³/mol. The van der Waals surface area contributed by atoms with Crippen LogP contribution in [0.3, 0.4) is 0 Å². The van der Waals surface area contributed by atoms with E-state index < -0.39 is 0 Å². The van der Waals surface area contributed by atoms with Gasteiger partial charge in [0, 0.05) is 69.7 Å². The fraction of sp³-hybridized carbons (Fsp3) is 0.448. The van der Waals surface area contributed by atoms with Crippen molar-refractivity contribution in [2.24, 2.45) is 0 Å². The van der Waals surface area contributed by atoms with Crippen LogP contribution in [0.25, 0.3) is 0 Å². The number of ether oxygens (including phenoxy) is 1. The first-order valence-electron chi connectivity index (χ1n) is 13.2. The van der Waals surface area contributed by atoms with E-state index >= 15 is 0 Å². The molecule has 4 heterocycles. The molecule has 1 amide bonds. The smallest absolute Gasteiger partial charge is 0.274 e. The minimum Gasteiger partial charge on any atom is -0.378 e. The second-order valence-electron chi connectivity index (χ2n) is 10.3. The second-order valence-corrected chi connectivity index (χ2v) is 10.3. The molecular formula is C29H35N5O2. The Bertz CT molecular complexity index is 1230. The summed E-state index contributed by atoms with van der Waals surface area (Å²) in [6.07, 6.45) is 3.27. The van der Waals surface area contributed by atoms with Crippen molar-refractivity contribution < 1.29 is 9.53 Å². The van der Waals surface area contributed by atoms with Gasteiger partial charge in [-0.05, 0) is 35.6 Å². The highest BCUT2D eigenvalue weighted by Crippen LogP contribution is 2.29.